The largest absolute Gasteiger partial charge is 0.489 e. The number of ether oxygens (including phenoxy) is 2. The minimum atomic E-state index is -4.52. The number of nitrogens with one attached hydrogen (secondary N) is 1. The molecule has 26 heavy (non-hydrogen) atoms. The van der Waals surface area contributed by atoms with Gasteiger partial charge >= 0.3 is 12.3 Å². The van der Waals surface area contributed by atoms with Crippen LogP contribution in [0.1, 0.15) is 29.2 Å². The summed E-state index contributed by atoms with van der Waals surface area (Å²) >= 11 is 0. The lowest BCUT2D eigenvalue weighted by atomic mass is 10.1. The van der Waals surface area contributed by atoms with Crippen LogP contribution in [0.15, 0.2) is 36.4 Å². The number of anilines is 1. The summed E-state index contributed by atoms with van der Waals surface area (Å²) in [7, 11) is 0. The predicted molar refractivity (Wildman–Crippen MR) is 92.3 cm³/mol. The van der Waals surface area contributed by atoms with E-state index in [2.05, 4.69) is 5.32 Å². The minimum absolute atomic E-state index is 0.00281. The van der Waals surface area contributed by atoms with E-state index in [4.69, 9.17) is 9.47 Å². The van der Waals surface area contributed by atoms with Crippen LogP contribution in [0.3, 0.4) is 0 Å². The van der Waals surface area contributed by atoms with Crippen LogP contribution in [0.5, 0.6) is 5.75 Å². The highest BCUT2D eigenvalue weighted by atomic mass is 19.4. The molecule has 0 spiro atoms. The van der Waals surface area contributed by atoms with Gasteiger partial charge in [0.1, 0.15) is 12.4 Å². The Kier molecular flexibility index (Phi) is 6.13. The molecule has 0 radical (unpaired) electrons. The first-order chi connectivity index (χ1) is 12.2. The first-order valence-corrected chi connectivity index (χ1v) is 8.04. The molecule has 0 fully saturated rings. The Balaban J connectivity index is 2.26. The van der Waals surface area contributed by atoms with Crippen molar-refractivity contribution in [2.24, 2.45) is 0 Å². The maximum atomic E-state index is 13.0. The second-order valence-electron chi connectivity index (χ2n) is 5.77. The van der Waals surface area contributed by atoms with Gasteiger partial charge in [-0.05, 0) is 44.5 Å². The highest BCUT2D eigenvalue weighted by Gasteiger charge is 2.31. The summed E-state index contributed by atoms with van der Waals surface area (Å²) in [5, 5.41) is 2.34. The van der Waals surface area contributed by atoms with Gasteiger partial charge in [-0.15, -0.1) is 0 Å². The lowest BCUT2D eigenvalue weighted by Crippen LogP contribution is -2.16. The monoisotopic (exact) mass is 367 g/mol. The van der Waals surface area contributed by atoms with Crippen molar-refractivity contribution in [3.8, 4) is 5.75 Å². The lowest BCUT2D eigenvalue weighted by Gasteiger charge is -2.16. The van der Waals surface area contributed by atoms with Gasteiger partial charge in [0.15, 0.2) is 0 Å². The fourth-order valence-electron chi connectivity index (χ4n) is 2.39. The van der Waals surface area contributed by atoms with Gasteiger partial charge in [0, 0.05) is 5.56 Å². The van der Waals surface area contributed by atoms with Crippen LogP contribution >= 0.6 is 0 Å². The van der Waals surface area contributed by atoms with Crippen LogP contribution in [0.2, 0.25) is 0 Å². The lowest BCUT2D eigenvalue weighted by molar-refractivity contribution is -0.137. The van der Waals surface area contributed by atoms with Crippen molar-refractivity contribution in [1.29, 1.82) is 0 Å². The summed E-state index contributed by atoms with van der Waals surface area (Å²) < 4.78 is 49.3. The quantitative estimate of drug-likeness (QED) is 0.762. The SMILES string of the molecule is CCOC(=O)Nc1cc(C(F)(F)F)ccc1COc1ccc(C)cc1C. The number of alkyl halides is 3. The van der Waals surface area contributed by atoms with Crippen molar-refractivity contribution >= 4 is 11.8 Å². The van der Waals surface area contributed by atoms with Crippen molar-refractivity contribution in [1.82, 2.24) is 0 Å². The number of aryl methyl sites for hydroxylation is 2. The molecule has 0 aliphatic heterocycles. The molecule has 0 atom stereocenters. The highest BCUT2D eigenvalue weighted by Crippen LogP contribution is 2.33. The zero-order valence-electron chi connectivity index (χ0n) is 14.7. The Labute approximate surface area is 149 Å². The van der Waals surface area contributed by atoms with E-state index in [-0.39, 0.29) is 18.9 Å². The van der Waals surface area contributed by atoms with Crippen LogP contribution in [0.25, 0.3) is 0 Å². The molecule has 0 unspecified atom stereocenters. The molecule has 1 amide bonds. The second kappa shape index (κ2) is 8.12. The standard InChI is InChI=1S/C19H20F3NO3/c1-4-25-18(24)23-16-10-15(19(20,21)22)7-6-14(16)11-26-17-8-5-12(2)9-13(17)3/h5-10H,4,11H2,1-3H3,(H,23,24). The molecule has 0 saturated carbocycles. The van der Waals surface area contributed by atoms with Gasteiger partial charge in [-0.1, -0.05) is 23.8 Å². The summed E-state index contributed by atoms with van der Waals surface area (Å²) in [5.74, 6) is 0.623. The Hall–Kier alpha value is -2.70. The fourth-order valence-corrected chi connectivity index (χ4v) is 2.39. The van der Waals surface area contributed by atoms with Crippen molar-refractivity contribution in [2.45, 2.75) is 33.6 Å². The van der Waals surface area contributed by atoms with E-state index in [9.17, 15) is 18.0 Å². The molecule has 0 heterocycles. The maximum Gasteiger partial charge on any atom is 0.416 e. The van der Waals surface area contributed by atoms with Gasteiger partial charge in [0.2, 0.25) is 0 Å². The van der Waals surface area contributed by atoms with Gasteiger partial charge in [-0.3, -0.25) is 5.32 Å². The van der Waals surface area contributed by atoms with Crippen LogP contribution in [-0.4, -0.2) is 12.7 Å². The molecule has 0 saturated heterocycles. The van der Waals surface area contributed by atoms with Crippen molar-refractivity contribution in [3.05, 3.63) is 58.7 Å². The number of hydrogen-bond acceptors (Lipinski definition) is 3. The van der Waals surface area contributed by atoms with E-state index in [1.165, 1.54) is 6.07 Å². The van der Waals surface area contributed by atoms with Crippen molar-refractivity contribution in [3.63, 3.8) is 0 Å². The second-order valence-corrected chi connectivity index (χ2v) is 5.77. The van der Waals surface area contributed by atoms with Crippen molar-refractivity contribution < 1.29 is 27.4 Å². The summed E-state index contributed by atoms with van der Waals surface area (Å²) in [6, 6.07) is 8.74. The van der Waals surface area contributed by atoms with Crippen LogP contribution in [0.4, 0.5) is 23.7 Å². The minimum Gasteiger partial charge on any atom is -0.489 e. The van der Waals surface area contributed by atoms with Crippen LogP contribution in [-0.2, 0) is 17.5 Å². The molecule has 2 aromatic carbocycles. The molecule has 140 valence electrons. The molecule has 0 aliphatic carbocycles. The Morgan fingerprint density at radius 3 is 2.46 bits per heavy atom. The number of carbonyl (C=O) groups excluding carboxylic acids is 1. The molecule has 0 bridgehead atoms. The van der Waals surface area contributed by atoms with E-state index in [1.807, 2.05) is 26.0 Å². The van der Waals surface area contributed by atoms with Gasteiger partial charge in [-0.2, -0.15) is 13.2 Å². The predicted octanol–water partition coefficient (Wildman–Crippen LogP) is 5.47. The molecule has 1 N–H and O–H groups in total. The first kappa shape index (κ1) is 19.6. The maximum absolute atomic E-state index is 13.0. The fraction of sp³-hybridized carbons (Fsp3) is 0.316. The third-order valence-corrected chi connectivity index (χ3v) is 3.66. The molecule has 0 aliphatic rings. The summed E-state index contributed by atoms with van der Waals surface area (Å²) in [5.41, 5.74) is 1.54. The van der Waals surface area contributed by atoms with Gasteiger partial charge in [0.25, 0.3) is 0 Å². The topological polar surface area (TPSA) is 47.6 Å². The molecular formula is C19H20F3NO3. The number of hydrogen-bond donors (Lipinski definition) is 1. The van der Waals surface area contributed by atoms with Gasteiger partial charge < -0.3 is 9.47 Å². The van der Waals surface area contributed by atoms with Crippen LogP contribution < -0.4 is 10.1 Å². The van der Waals surface area contributed by atoms with Crippen LogP contribution in [0, 0.1) is 13.8 Å². The molecule has 2 aromatic rings. The molecule has 7 heteroatoms. The number of amides is 1. The van der Waals surface area contributed by atoms with Gasteiger partial charge in [0.05, 0.1) is 17.9 Å². The Morgan fingerprint density at radius 1 is 1.12 bits per heavy atom. The molecule has 2 rings (SSSR count). The van der Waals surface area contributed by atoms with E-state index < -0.39 is 17.8 Å². The molecule has 4 nitrogen and oxygen atoms in total. The Morgan fingerprint density at radius 2 is 1.85 bits per heavy atom. The number of carbonyl (C=O) groups is 1. The van der Waals surface area contributed by atoms with Gasteiger partial charge in [-0.25, -0.2) is 4.79 Å². The van der Waals surface area contributed by atoms with E-state index in [0.29, 0.717) is 11.3 Å². The molecule has 0 aromatic heterocycles. The average molecular weight is 367 g/mol. The summed E-state index contributed by atoms with van der Waals surface area (Å²) in [6.07, 6.45) is -5.34. The Bertz CT molecular complexity index is 788. The average Bonchev–Trinajstić information content (AvgIpc) is 2.54. The normalized spacial score (nSPS) is 11.2. The third-order valence-electron chi connectivity index (χ3n) is 3.66. The number of benzene rings is 2. The van der Waals surface area contributed by atoms with E-state index >= 15 is 0 Å². The number of halogens is 3. The molecular weight excluding hydrogens is 347 g/mol. The van der Waals surface area contributed by atoms with E-state index in [1.54, 1.807) is 13.0 Å². The van der Waals surface area contributed by atoms with Crippen molar-refractivity contribution in [2.75, 3.05) is 11.9 Å². The highest BCUT2D eigenvalue weighted by molar-refractivity contribution is 5.85. The smallest absolute Gasteiger partial charge is 0.416 e. The summed E-state index contributed by atoms with van der Waals surface area (Å²) in [4.78, 5) is 11.6. The first-order valence-electron chi connectivity index (χ1n) is 8.04. The zero-order chi connectivity index (χ0) is 19.3. The van der Waals surface area contributed by atoms with E-state index in [0.717, 1.165) is 23.3 Å². The zero-order valence-corrected chi connectivity index (χ0v) is 14.7. The third kappa shape index (κ3) is 5.15. The number of rotatable bonds is 5. The summed E-state index contributed by atoms with van der Waals surface area (Å²) in [6.45, 7) is 5.56.